The van der Waals surface area contributed by atoms with E-state index in [9.17, 15) is 14.9 Å². The van der Waals surface area contributed by atoms with E-state index in [0.29, 0.717) is 11.1 Å². The van der Waals surface area contributed by atoms with Crippen molar-refractivity contribution in [3.63, 3.8) is 0 Å². The Morgan fingerprint density at radius 1 is 1.31 bits per heavy atom. The summed E-state index contributed by atoms with van der Waals surface area (Å²) < 4.78 is 0. The fraction of sp³-hybridized carbons (Fsp3) is 0.300. The Morgan fingerprint density at radius 3 is 2.44 bits per heavy atom. The van der Waals surface area contributed by atoms with Gasteiger partial charge in [0.05, 0.1) is 16.7 Å². The first kappa shape index (κ1) is 12.9. The largest absolute Gasteiger partial charge is 0.298 e. The maximum atomic E-state index is 11.2. The molecule has 4 nitrogen and oxygen atoms in total. The van der Waals surface area contributed by atoms with Gasteiger partial charge in [0.15, 0.2) is 5.78 Å². The van der Waals surface area contributed by atoms with Crippen molar-refractivity contribution < 1.29 is 9.72 Å². The molecule has 0 heterocycles. The zero-order valence-electron chi connectivity index (χ0n) is 8.28. The van der Waals surface area contributed by atoms with E-state index in [-0.39, 0.29) is 29.7 Å². The predicted molar refractivity (Wildman–Crippen MR) is 62.1 cm³/mol. The van der Waals surface area contributed by atoms with E-state index in [1.54, 1.807) is 18.2 Å². The highest BCUT2D eigenvalue weighted by atomic mass is 35.5. The number of carbonyl (C=O) groups is 1. The lowest BCUT2D eigenvalue weighted by atomic mass is 10.0. The van der Waals surface area contributed by atoms with E-state index in [1.165, 1.54) is 0 Å². The highest BCUT2D eigenvalue weighted by Gasteiger charge is 2.20. The van der Waals surface area contributed by atoms with Gasteiger partial charge in [0, 0.05) is 17.5 Å². The second kappa shape index (κ2) is 5.82. The Balaban J connectivity index is 3.17. The fourth-order valence-electron chi connectivity index (χ4n) is 1.39. The van der Waals surface area contributed by atoms with E-state index in [4.69, 9.17) is 23.2 Å². The lowest BCUT2D eigenvalue weighted by Gasteiger charge is -2.04. The minimum Gasteiger partial charge on any atom is -0.298 e. The number of benzene rings is 1. The molecule has 0 spiro atoms. The van der Waals surface area contributed by atoms with E-state index in [1.807, 2.05) is 0 Å². The van der Waals surface area contributed by atoms with Gasteiger partial charge in [-0.3, -0.25) is 14.9 Å². The van der Waals surface area contributed by atoms with Gasteiger partial charge in [0.1, 0.15) is 0 Å². The number of nitrogens with zero attached hydrogens (tertiary/aromatic N) is 1. The molecule has 0 aromatic heterocycles. The van der Waals surface area contributed by atoms with Crippen LogP contribution in [0.4, 0.5) is 5.69 Å². The van der Waals surface area contributed by atoms with Crippen molar-refractivity contribution >= 4 is 34.7 Å². The topological polar surface area (TPSA) is 60.2 Å². The van der Waals surface area contributed by atoms with Crippen molar-refractivity contribution in [2.75, 3.05) is 5.88 Å². The summed E-state index contributed by atoms with van der Waals surface area (Å²) in [6.45, 7) is 0. The van der Waals surface area contributed by atoms with E-state index in [0.717, 1.165) is 0 Å². The molecule has 1 aromatic rings. The van der Waals surface area contributed by atoms with E-state index < -0.39 is 4.92 Å². The number of carbonyl (C=O) groups excluding carboxylic acids is 1. The Hall–Kier alpha value is -1.13. The van der Waals surface area contributed by atoms with Crippen LogP contribution < -0.4 is 0 Å². The summed E-state index contributed by atoms with van der Waals surface area (Å²) >= 11 is 11.0. The summed E-state index contributed by atoms with van der Waals surface area (Å²) in [6.07, 6.45) is -0.0372. The summed E-state index contributed by atoms with van der Waals surface area (Å²) in [7, 11) is 0. The third-order valence-electron chi connectivity index (χ3n) is 2.07. The zero-order valence-corrected chi connectivity index (χ0v) is 9.79. The van der Waals surface area contributed by atoms with Crippen LogP contribution in [0, 0.1) is 10.1 Å². The number of nitro groups is 1. The molecule has 0 saturated heterocycles. The monoisotopic (exact) mass is 261 g/mol. The van der Waals surface area contributed by atoms with Crippen LogP contribution in [0.1, 0.15) is 11.1 Å². The Morgan fingerprint density at radius 2 is 1.94 bits per heavy atom. The van der Waals surface area contributed by atoms with Crippen LogP contribution in [-0.4, -0.2) is 16.6 Å². The summed E-state index contributed by atoms with van der Waals surface area (Å²) in [5.74, 6) is -0.363. The number of Topliss-reactive ketones (excluding diaryl/α,β-unsaturated/α-hetero) is 1. The highest BCUT2D eigenvalue weighted by Crippen LogP contribution is 2.25. The number of ketones is 1. The average molecular weight is 262 g/mol. The van der Waals surface area contributed by atoms with Crippen LogP contribution in [-0.2, 0) is 17.1 Å². The quantitative estimate of drug-likeness (QED) is 0.465. The third kappa shape index (κ3) is 2.93. The molecular formula is C10H9Cl2NO3. The normalized spacial score (nSPS) is 10.1. The molecule has 0 aliphatic carbocycles. The fourth-order valence-corrected chi connectivity index (χ4v) is 1.70. The minimum atomic E-state index is -0.519. The molecule has 0 radical (unpaired) electrons. The van der Waals surface area contributed by atoms with Gasteiger partial charge in [0.2, 0.25) is 0 Å². The van der Waals surface area contributed by atoms with E-state index >= 15 is 0 Å². The van der Waals surface area contributed by atoms with E-state index in [2.05, 4.69) is 0 Å². The van der Waals surface area contributed by atoms with Crippen LogP contribution in [0.15, 0.2) is 18.2 Å². The molecule has 0 saturated carbocycles. The first-order chi connectivity index (χ1) is 7.60. The predicted octanol–water partition coefficient (Wildman–Crippen LogP) is 2.68. The molecule has 1 aromatic carbocycles. The molecule has 0 unspecified atom stereocenters. The van der Waals surface area contributed by atoms with Gasteiger partial charge < -0.3 is 0 Å². The first-order valence-electron chi connectivity index (χ1n) is 4.49. The standard InChI is InChI=1S/C10H9Cl2NO3/c11-5-8-3-1-2-7(4-9(14)6-12)10(8)13(15)16/h1-3H,4-6H2. The summed E-state index contributed by atoms with van der Waals surface area (Å²) in [5.41, 5.74) is 0.677. The van der Waals surface area contributed by atoms with Crippen LogP contribution in [0.5, 0.6) is 0 Å². The van der Waals surface area contributed by atoms with Crippen molar-refractivity contribution in [1.29, 1.82) is 0 Å². The molecule has 0 aliphatic rings. The van der Waals surface area contributed by atoms with Crippen molar-refractivity contribution in [2.45, 2.75) is 12.3 Å². The third-order valence-corrected chi connectivity index (χ3v) is 2.65. The van der Waals surface area contributed by atoms with Gasteiger partial charge in [-0.05, 0) is 0 Å². The maximum absolute atomic E-state index is 11.2. The molecule has 0 bridgehead atoms. The summed E-state index contributed by atoms with van der Waals surface area (Å²) in [6, 6.07) is 4.75. The molecule has 0 fully saturated rings. The van der Waals surface area contributed by atoms with Crippen LogP contribution >= 0.6 is 23.2 Å². The number of nitro benzene ring substituents is 1. The SMILES string of the molecule is O=C(CCl)Cc1cccc(CCl)c1[N+](=O)[O-]. The number of rotatable bonds is 5. The molecule has 16 heavy (non-hydrogen) atoms. The summed E-state index contributed by atoms with van der Waals surface area (Å²) in [5, 5.41) is 10.9. The average Bonchev–Trinajstić information content (AvgIpc) is 2.28. The van der Waals surface area contributed by atoms with Gasteiger partial charge in [0.25, 0.3) is 5.69 Å². The highest BCUT2D eigenvalue weighted by molar-refractivity contribution is 6.27. The zero-order chi connectivity index (χ0) is 12.1. The van der Waals surface area contributed by atoms with Gasteiger partial charge in [-0.25, -0.2) is 0 Å². The van der Waals surface area contributed by atoms with Gasteiger partial charge in [-0.1, -0.05) is 18.2 Å². The van der Waals surface area contributed by atoms with Gasteiger partial charge in [-0.2, -0.15) is 0 Å². The molecule has 0 amide bonds. The Kier molecular flexibility index (Phi) is 4.71. The second-order valence-electron chi connectivity index (χ2n) is 3.16. The Labute approximate surface area is 102 Å². The van der Waals surface area contributed by atoms with Gasteiger partial charge in [-0.15, -0.1) is 23.2 Å². The number of halogens is 2. The van der Waals surface area contributed by atoms with Crippen LogP contribution in [0.25, 0.3) is 0 Å². The molecule has 0 aliphatic heterocycles. The van der Waals surface area contributed by atoms with Crippen LogP contribution in [0.2, 0.25) is 0 Å². The molecule has 1 rings (SSSR count). The van der Waals surface area contributed by atoms with Crippen LogP contribution in [0.3, 0.4) is 0 Å². The van der Waals surface area contributed by atoms with Crippen molar-refractivity contribution in [3.05, 3.63) is 39.4 Å². The molecule has 6 heteroatoms. The van der Waals surface area contributed by atoms with Gasteiger partial charge >= 0.3 is 0 Å². The lowest BCUT2D eigenvalue weighted by molar-refractivity contribution is -0.386. The molecule has 0 atom stereocenters. The van der Waals surface area contributed by atoms with Crippen molar-refractivity contribution in [2.24, 2.45) is 0 Å². The molecule has 86 valence electrons. The smallest absolute Gasteiger partial charge is 0.277 e. The number of alkyl halides is 2. The minimum absolute atomic E-state index is 0.0372. The summed E-state index contributed by atoms with van der Waals surface area (Å²) in [4.78, 5) is 21.5. The van der Waals surface area contributed by atoms with Crippen molar-refractivity contribution in [1.82, 2.24) is 0 Å². The molecular weight excluding hydrogens is 253 g/mol. The number of hydrogen-bond donors (Lipinski definition) is 0. The second-order valence-corrected chi connectivity index (χ2v) is 3.70. The number of para-hydroxylation sites is 1. The first-order valence-corrected chi connectivity index (χ1v) is 5.55. The number of hydrogen-bond acceptors (Lipinski definition) is 3. The lowest BCUT2D eigenvalue weighted by Crippen LogP contribution is -2.07. The van der Waals surface area contributed by atoms with Crippen molar-refractivity contribution in [3.8, 4) is 0 Å². The Bertz CT molecular complexity index is 421. The molecule has 0 N–H and O–H groups in total. The maximum Gasteiger partial charge on any atom is 0.277 e.